The zero-order chi connectivity index (χ0) is 28.6. The molecule has 4 rings (SSSR count). The fourth-order valence-corrected chi connectivity index (χ4v) is 4.60. The Kier molecular flexibility index (Phi) is 7.42. The normalized spacial score (nSPS) is 15.5. The molecule has 0 saturated heterocycles. The van der Waals surface area contributed by atoms with Crippen LogP contribution in [0.15, 0.2) is 36.5 Å². The summed E-state index contributed by atoms with van der Waals surface area (Å²) in [5, 5.41) is 33.3. The molecule has 0 aliphatic carbocycles. The summed E-state index contributed by atoms with van der Waals surface area (Å²) >= 11 is 0. The number of carbonyl (C=O) groups is 2. The number of nitrogens with zero attached hydrogens (tertiary/aromatic N) is 1. The van der Waals surface area contributed by atoms with Crippen LogP contribution in [0.1, 0.15) is 69.2 Å². The molecular weight excluding hydrogens is 523 g/mol. The van der Waals surface area contributed by atoms with E-state index in [0.717, 1.165) is 19.2 Å². The molecule has 3 N–H and O–H groups in total. The van der Waals surface area contributed by atoms with Crippen molar-refractivity contribution in [3.63, 3.8) is 0 Å². The van der Waals surface area contributed by atoms with Crippen molar-refractivity contribution in [2.24, 2.45) is 0 Å². The van der Waals surface area contributed by atoms with Crippen LogP contribution in [0.4, 0.5) is 13.2 Å². The molecule has 2 aromatic carbocycles. The van der Waals surface area contributed by atoms with E-state index in [2.05, 4.69) is 9.72 Å². The first kappa shape index (κ1) is 27.7. The Hall–Kier alpha value is -4.32. The number of ketones is 1. The van der Waals surface area contributed by atoms with Crippen molar-refractivity contribution >= 4 is 11.8 Å². The topological polar surface area (TPSA) is 135 Å². The van der Waals surface area contributed by atoms with Crippen LogP contribution >= 0.6 is 0 Å². The highest BCUT2D eigenvalue weighted by Crippen LogP contribution is 2.50. The molecular formula is C27H24F3NO8. The second-order valence-electron chi connectivity index (χ2n) is 8.95. The molecule has 0 amide bonds. The summed E-state index contributed by atoms with van der Waals surface area (Å²) in [6, 6.07) is 5.73. The van der Waals surface area contributed by atoms with Gasteiger partial charge in [0, 0.05) is 34.4 Å². The number of methoxy groups -OCH3 is 1. The highest BCUT2D eigenvalue weighted by molar-refractivity contribution is 5.98. The zero-order valence-corrected chi connectivity index (χ0v) is 21.0. The second kappa shape index (κ2) is 10.4. The number of benzene rings is 2. The Morgan fingerprint density at radius 3 is 2.38 bits per heavy atom. The van der Waals surface area contributed by atoms with Gasteiger partial charge in [0.05, 0.1) is 31.4 Å². The van der Waals surface area contributed by atoms with Crippen LogP contribution < -0.4 is 4.74 Å². The minimum absolute atomic E-state index is 0.0274. The summed E-state index contributed by atoms with van der Waals surface area (Å²) in [5.74, 6) is -4.34. The fraction of sp³-hybridized carbons (Fsp3) is 0.296. The number of rotatable bonds is 7. The Labute approximate surface area is 220 Å². The van der Waals surface area contributed by atoms with E-state index in [1.54, 1.807) is 6.92 Å². The van der Waals surface area contributed by atoms with Crippen molar-refractivity contribution in [1.82, 2.24) is 4.98 Å². The number of alkyl halides is 3. The maximum atomic E-state index is 12.6. The van der Waals surface area contributed by atoms with Crippen molar-refractivity contribution in [3.05, 3.63) is 75.6 Å². The van der Waals surface area contributed by atoms with Crippen molar-refractivity contribution in [1.29, 1.82) is 0 Å². The van der Waals surface area contributed by atoms with Crippen LogP contribution in [0.25, 0.3) is 0 Å². The average molecular weight is 547 g/mol. The maximum Gasteiger partial charge on any atom is 0.573 e. The third-order valence-electron chi connectivity index (χ3n) is 6.49. The third-order valence-corrected chi connectivity index (χ3v) is 6.49. The van der Waals surface area contributed by atoms with Gasteiger partial charge in [0.1, 0.15) is 29.1 Å². The van der Waals surface area contributed by atoms with Gasteiger partial charge in [-0.2, -0.15) is 0 Å². The number of ether oxygens (including phenoxy) is 3. The molecule has 1 aliphatic rings. The van der Waals surface area contributed by atoms with Gasteiger partial charge in [0.2, 0.25) is 0 Å². The quantitative estimate of drug-likeness (QED) is 0.278. The number of carbonyl (C=O) groups excluding carboxylic acids is 2. The van der Waals surface area contributed by atoms with E-state index >= 15 is 0 Å². The van der Waals surface area contributed by atoms with Crippen LogP contribution in [0, 0.1) is 6.92 Å². The molecule has 0 saturated carbocycles. The number of hydrogen-bond acceptors (Lipinski definition) is 9. The summed E-state index contributed by atoms with van der Waals surface area (Å²) in [4.78, 5) is 29.0. The highest BCUT2D eigenvalue weighted by Gasteiger charge is 2.36. The number of phenolic OH excluding ortho intramolecular Hbond substituents is 2. The number of esters is 1. The standard InChI is InChI=1S/C27H24F3NO8/c1-12-23(34)21-15(10-31-12)11-38-26(21)19-8-17(13(2)32)24(35)22(25(19)36)18(9-20(33)37-3)14-4-6-16(7-5-14)39-27(28,29)30/h4-8,10,18,26,34-36H,9,11H2,1-3H3/t18-,26-/m1/s1. The molecule has 206 valence electrons. The van der Waals surface area contributed by atoms with E-state index in [1.807, 2.05) is 0 Å². The number of aromatic nitrogens is 1. The van der Waals surface area contributed by atoms with E-state index in [4.69, 9.17) is 9.47 Å². The van der Waals surface area contributed by atoms with Crippen LogP contribution in [-0.2, 0) is 20.9 Å². The Morgan fingerprint density at radius 1 is 1.13 bits per heavy atom. The fourth-order valence-electron chi connectivity index (χ4n) is 4.60. The lowest BCUT2D eigenvalue weighted by Gasteiger charge is -2.24. The van der Waals surface area contributed by atoms with E-state index < -0.39 is 53.8 Å². The summed E-state index contributed by atoms with van der Waals surface area (Å²) in [6.07, 6.45) is -4.92. The van der Waals surface area contributed by atoms with Gasteiger partial charge in [-0.3, -0.25) is 14.6 Å². The molecule has 3 aromatic rings. The molecule has 1 aliphatic heterocycles. The largest absolute Gasteiger partial charge is 0.573 e. The van der Waals surface area contributed by atoms with Gasteiger partial charge in [0.25, 0.3) is 0 Å². The lowest BCUT2D eigenvalue weighted by Crippen LogP contribution is -2.17. The van der Waals surface area contributed by atoms with E-state index in [9.17, 15) is 38.1 Å². The number of halogens is 3. The van der Waals surface area contributed by atoms with Gasteiger partial charge in [-0.25, -0.2) is 0 Å². The maximum absolute atomic E-state index is 12.6. The summed E-state index contributed by atoms with van der Waals surface area (Å²) in [7, 11) is 1.12. The monoisotopic (exact) mass is 547 g/mol. The predicted octanol–water partition coefficient (Wildman–Crippen LogP) is 4.92. The summed E-state index contributed by atoms with van der Waals surface area (Å²) < 4.78 is 52.4. The van der Waals surface area contributed by atoms with E-state index in [-0.39, 0.29) is 34.6 Å². The van der Waals surface area contributed by atoms with Gasteiger partial charge in [0.15, 0.2) is 5.78 Å². The number of phenols is 2. The molecule has 9 nitrogen and oxygen atoms in total. The number of pyridine rings is 1. The molecule has 2 atom stereocenters. The summed E-state index contributed by atoms with van der Waals surface area (Å²) in [5.41, 5.74) is 0.971. The number of aryl methyl sites for hydroxylation is 1. The van der Waals surface area contributed by atoms with Crippen molar-refractivity contribution < 1.29 is 52.3 Å². The Balaban J connectivity index is 1.92. The first-order valence-corrected chi connectivity index (χ1v) is 11.6. The summed E-state index contributed by atoms with van der Waals surface area (Å²) in [6.45, 7) is 2.80. The minimum Gasteiger partial charge on any atom is -0.507 e. The Morgan fingerprint density at radius 2 is 1.79 bits per heavy atom. The highest BCUT2D eigenvalue weighted by atomic mass is 19.4. The van der Waals surface area contributed by atoms with Crippen molar-refractivity contribution in [3.8, 4) is 23.0 Å². The molecule has 1 aromatic heterocycles. The van der Waals surface area contributed by atoms with Gasteiger partial charge < -0.3 is 29.5 Å². The van der Waals surface area contributed by atoms with E-state index in [0.29, 0.717) is 16.8 Å². The van der Waals surface area contributed by atoms with Crippen molar-refractivity contribution in [2.45, 2.75) is 45.3 Å². The van der Waals surface area contributed by atoms with Crippen LogP contribution in [0.2, 0.25) is 0 Å². The average Bonchev–Trinajstić information content (AvgIpc) is 3.29. The van der Waals surface area contributed by atoms with Gasteiger partial charge >= 0.3 is 12.3 Å². The van der Waals surface area contributed by atoms with Crippen LogP contribution in [-0.4, -0.2) is 45.5 Å². The third kappa shape index (κ3) is 5.46. The predicted molar refractivity (Wildman–Crippen MR) is 129 cm³/mol. The first-order valence-electron chi connectivity index (χ1n) is 11.6. The number of aromatic hydroxyl groups is 3. The first-order chi connectivity index (χ1) is 18.3. The number of Topliss-reactive ketones (excluding diaryl/α,β-unsaturated/α-hetero) is 1. The van der Waals surface area contributed by atoms with Crippen LogP contribution in [0.3, 0.4) is 0 Å². The van der Waals surface area contributed by atoms with Gasteiger partial charge in [-0.1, -0.05) is 12.1 Å². The lowest BCUT2D eigenvalue weighted by molar-refractivity contribution is -0.274. The zero-order valence-electron chi connectivity index (χ0n) is 21.0. The van der Waals surface area contributed by atoms with E-state index in [1.165, 1.54) is 31.3 Å². The van der Waals surface area contributed by atoms with Gasteiger partial charge in [-0.05, 0) is 37.6 Å². The van der Waals surface area contributed by atoms with Crippen LogP contribution in [0.5, 0.6) is 23.0 Å². The second-order valence-corrected chi connectivity index (χ2v) is 8.95. The number of hydrogen-bond donors (Lipinski definition) is 3. The SMILES string of the molecule is COC(=O)C[C@H](c1ccc(OC(F)(F)F)cc1)c1c(O)c(C(C)=O)cc([C@H]2OCc3cnc(C)c(O)c32)c1O. The molecule has 0 fully saturated rings. The molecule has 0 spiro atoms. The molecule has 2 heterocycles. The smallest absolute Gasteiger partial charge is 0.507 e. The molecule has 0 unspecified atom stereocenters. The molecule has 0 bridgehead atoms. The number of fused-ring (bicyclic) bond motifs is 1. The Bertz CT molecular complexity index is 1440. The molecule has 39 heavy (non-hydrogen) atoms. The lowest BCUT2D eigenvalue weighted by atomic mass is 9.83. The molecule has 0 radical (unpaired) electrons. The van der Waals surface area contributed by atoms with Gasteiger partial charge in [-0.15, -0.1) is 13.2 Å². The minimum atomic E-state index is -4.93. The van der Waals surface area contributed by atoms with Crippen molar-refractivity contribution in [2.75, 3.05) is 7.11 Å². The molecule has 12 heteroatoms.